The van der Waals surface area contributed by atoms with E-state index in [9.17, 15) is 4.79 Å². The van der Waals surface area contributed by atoms with Gasteiger partial charge in [-0.3, -0.25) is 0 Å². The lowest BCUT2D eigenvalue weighted by molar-refractivity contribution is 0.220. The molecule has 0 atom stereocenters. The van der Waals surface area contributed by atoms with Gasteiger partial charge in [0.05, 0.1) is 6.61 Å². The Morgan fingerprint density at radius 2 is 1.81 bits per heavy atom. The third-order valence-electron chi connectivity index (χ3n) is 4.00. The predicted octanol–water partition coefficient (Wildman–Crippen LogP) is 4.54. The van der Waals surface area contributed by atoms with Gasteiger partial charge in [-0.25, -0.2) is 4.79 Å². The Kier molecular flexibility index (Phi) is 5.59. The van der Waals surface area contributed by atoms with Crippen LogP contribution in [0.15, 0.2) is 73.1 Å². The zero-order chi connectivity index (χ0) is 18.4. The van der Waals surface area contributed by atoms with E-state index in [2.05, 4.69) is 5.32 Å². The molecular weight excluding hydrogens is 326 g/mol. The van der Waals surface area contributed by atoms with Gasteiger partial charge in [-0.1, -0.05) is 18.2 Å². The Labute approximate surface area is 153 Å². The molecule has 0 saturated carbocycles. The Bertz CT molecular complexity index is 842. The van der Waals surface area contributed by atoms with E-state index in [0.717, 1.165) is 22.7 Å². The van der Waals surface area contributed by atoms with E-state index in [0.29, 0.717) is 13.2 Å². The first-order valence-corrected chi connectivity index (χ1v) is 8.63. The van der Waals surface area contributed by atoms with Gasteiger partial charge in [0.25, 0.3) is 0 Å². The summed E-state index contributed by atoms with van der Waals surface area (Å²) in [4.78, 5) is 14.1. The fourth-order valence-corrected chi connectivity index (χ4v) is 2.67. The molecule has 3 aromatic rings. The summed E-state index contributed by atoms with van der Waals surface area (Å²) in [7, 11) is 1.78. The zero-order valence-corrected chi connectivity index (χ0v) is 15.1. The number of hydrogen-bond acceptors (Lipinski definition) is 2. The molecule has 134 valence electrons. The van der Waals surface area contributed by atoms with Crippen LogP contribution in [0.3, 0.4) is 0 Å². The quantitative estimate of drug-likeness (QED) is 0.710. The topological polar surface area (TPSA) is 46.5 Å². The summed E-state index contributed by atoms with van der Waals surface area (Å²) >= 11 is 0. The largest absolute Gasteiger partial charge is 0.494 e. The molecule has 5 heteroatoms. The summed E-state index contributed by atoms with van der Waals surface area (Å²) in [6.45, 7) is 3.12. The van der Waals surface area contributed by atoms with Crippen LogP contribution in [0.5, 0.6) is 5.75 Å². The molecule has 0 bridgehead atoms. The number of ether oxygens (including phenoxy) is 1. The molecule has 2 aromatic carbocycles. The number of anilines is 1. The summed E-state index contributed by atoms with van der Waals surface area (Å²) in [5.74, 6) is 0.838. The first kappa shape index (κ1) is 17.6. The summed E-state index contributed by atoms with van der Waals surface area (Å²) in [6, 6.07) is 19.3. The number of aromatic nitrogens is 1. The van der Waals surface area contributed by atoms with Gasteiger partial charge in [0.15, 0.2) is 0 Å². The van der Waals surface area contributed by atoms with Crippen molar-refractivity contribution in [2.75, 3.05) is 19.0 Å². The summed E-state index contributed by atoms with van der Waals surface area (Å²) in [5.41, 5.74) is 2.81. The number of nitrogens with one attached hydrogen (secondary N) is 1. The molecule has 1 aromatic heterocycles. The number of rotatable bonds is 6. The Morgan fingerprint density at radius 1 is 1.08 bits per heavy atom. The van der Waals surface area contributed by atoms with Crippen LogP contribution in [0.4, 0.5) is 10.5 Å². The molecule has 0 aliphatic heterocycles. The number of carbonyl (C=O) groups is 1. The van der Waals surface area contributed by atoms with Crippen LogP contribution in [-0.4, -0.2) is 29.2 Å². The molecular formula is C21H23N3O2. The molecule has 0 aliphatic rings. The van der Waals surface area contributed by atoms with Crippen molar-refractivity contribution in [2.45, 2.75) is 13.5 Å². The van der Waals surface area contributed by atoms with Gasteiger partial charge in [0.2, 0.25) is 0 Å². The first-order chi connectivity index (χ1) is 12.7. The highest BCUT2D eigenvalue weighted by atomic mass is 16.5. The van der Waals surface area contributed by atoms with E-state index in [4.69, 9.17) is 4.74 Å². The third-order valence-corrected chi connectivity index (χ3v) is 4.00. The molecule has 26 heavy (non-hydrogen) atoms. The second-order valence-corrected chi connectivity index (χ2v) is 6.00. The maximum Gasteiger partial charge on any atom is 0.321 e. The molecule has 0 unspecified atom stereocenters. The van der Waals surface area contributed by atoms with E-state index < -0.39 is 0 Å². The Hall–Kier alpha value is -3.21. The van der Waals surface area contributed by atoms with E-state index in [1.807, 2.05) is 84.5 Å². The van der Waals surface area contributed by atoms with Crippen molar-refractivity contribution in [1.82, 2.24) is 9.47 Å². The van der Waals surface area contributed by atoms with Crippen LogP contribution in [0.2, 0.25) is 0 Å². The standard InChI is InChI=1S/C21H23N3O2/c1-3-26-20-11-9-17(10-12-20)16-23(2)21(25)22-18-7-6-8-19(15-18)24-13-4-5-14-24/h4-15H,3,16H2,1-2H3,(H,22,25). The molecule has 0 radical (unpaired) electrons. The van der Waals surface area contributed by atoms with Gasteiger partial charge in [-0.05, 0) is 55.0 Å². The van der Waals surface area contributed by atoms with Crippen LogP contribution in [0.1, 0.15) is 12.5 Å². The highest BCUT2D eigenvalue weighted by molar-refractivity contribution is 5.89. The maximum atomic E-state index is 12.5. The van der Waals surface area contributed by atoms with Crippen LogP contribution in [-0.2, 0) is 6.54 Å². The Morgan fingerprint density at radius 3 is 2.50 bits per heavy atom. The molecule has 3 rings (SSSR count). The highest BCUT2D eigenvalue weighted by Crippen LogP contribution is 2.16. The van der Waals surface area contributed by atoms with Crippen molar-refractivity contribution < 1.29 is 9.53 Å². The van der Waals surface area contributed by atoms with Crippen LogP contribution in [0.25, 0.3) is 5.69 Å². The van der Waals surface area contributed by atoms with Gasteiger partial charge in [-0.15, -0.1) is 0 Å². The summed E-state index contributed by atoms with van der Waals surface area (Å²) < 4.78 is 7.44. The lowest BCUT2D eigenvalue weighted by atomic mass is 10.2. The minimum Gasteiger partial charge on any atom is -0.494 e. The SMILES string of the molecule is CCOc1ccc(CN(C)C(=O)Nc2cccc(-n3cccc3)c2)cc1. The molecule has 2 amide bonds. The van der Waals surface area contributed by atoms with Gasteiger partial charge in [0, 0.05) is 37.4 Å². The molecule has 0 saturated heterocycles. The van der Waals surface area contributed by atoms with E-state index in [-0.39, 0.29) is 6.03 Å². The monoisotopic (exact) mass is 349 g/mol. The highest BCUT2D eigenvalue weighted by Gasteiger charge is 2.10. The molecule has 1 N–H and O–H groups in total. The molecule has 0 spiro atoms. The minimum absolute atomic E-state index is 0.149. The van der Waals surface area contributed by atoms with Crippen molar-refractivity contribution >= 4 is 11.7 Å². The van der Waals surface area contributed by atoms with Crippen LogP contribution >= 0.6 is 0 Å². The minimum atomic E-state index is -0.149. The number of benzene rings is 2. The second kappa shape index (κ2) is 8.25. The molecule has 0 aliphatic carbocycles. The number of nitrogens with zero attached hydrogens (tertiary/aromatic N) is 2. The average Bonchev–Trinajstić information content (AvgIpc) is 3.18. The fourth-order valence-electron chi connectivity index (χ4n) is 2.67. The average molecular weight is 349 g/mol. The second-order valence-electron chi connectivity index (χ2n) is 6.00. The van der Waals surface area contributed by atoms with E-state index in [1.54, 1.807) is 11.9 Å². The Balaban J connectivity index is 1.61. The van der Waals surface area contributed by atoms with Crippen molar-refractivity contribution in [3.05, 3.63) is 78.6 Å². The normalized spacial score (nSPS) is 10.4. The van der Waals surface area contributed by atoms with E-state index >= 15 is 0 Å². The zero-order valence-electron chi connectivity index (χ0n) is 15.1. The third kappa shape index (κ3) is 4.45. The van der Waals surface area contributed by atoms with Crippen LogP contribution in [0, 0.1) is 0 Å². The number of carbonyl (C=O) groups excluding carboxylic acids is 1. The molecule has 5 nitrogen and oxygen atoms in total. The lowest BCUT2D eigenvalue weighted by Gasteiger charge is -2.18. The molecule has 1 heterocycles. The van der Waals surface area contributed by atoms with Crippen molar-refractivity contribution in [3.63, 3.8) is 0 Å². The number of hydrogen-bond donors (Lipinski definition) is 1. The predicted molar refractivity (Wildman–Crippen MR) is 104 cm³/mol. The van der Waals surface area contributed by atoms with Gasteiger partial charge >= 0.3 is 6.03 Å². The summed E-state index contributed by atoms with van der Waals surface area (Å²) in [6.07, 6.45) is 3.94. The molecule has 0 fully saturated rings. The maximum absolute atomic E-state index is 12.5. The number of urea groups is 1. The smallest absolute Gasteiger partial charge is 0.321 e. The van der Waals surface area contributed by atoms with Crippen molar-refractivity contribution in [2.24, 2.45) is 0 Å². The number of amides is 2. The van der Waals surface area contributed by atoms with Crippen LogP contribution < -0.4 is 10.1 Å². The fraction of sp³-hybridized carbons (Fsp3) is 0.190. The van der Waals surface area contributed by atoms with E-state index in [1.165, 1.54) is 0 Å². The summed E-state index contributed by atoms with van der Waals surface area (Å²) in [5, 5.41) is 2.94. The van der Waals surface area contributed by atoms with Gasteiger partial charge < -0.3 is 19.5 Å². The lowest BCUT2D eigenvalue weighted by Crippen LogP contribution is -2.30. The van der Waals surface area contributed by atoms with Gasteiger partial charge in [-0.2, -0.15) is 0 Å². The van der Waals surface area contributed by atoms with Crippen molar-refractivity contribution in [1.29, 1.82) is 0 Å². The van der Waals surface area contributed by atoms with Gasteiger partial charge in [0.1, 0.15) is 5.75 Å². The van der Waals surface area contributed by atoms with Crippen molar-refractivity contribution in [3.8, 4) is 11.4 Å². The first-order valence-electron chi connectivity index (χ1n) is 8.63.